The molecule has 0 amide bonds. The molecule has 12 heavy (non-hydrogen) atoms. The summed E-state index contributed by atoms with van der Waals surface area (Å²) in [5.74, 6) is 0. The van der Waals surface area contributed by atoms with Gasteiger partial charge in [-0.3, -0.25) is 0 Å². The topological polar surface area (TPSA) is 29.5 Å². The van der Waals surface area contributed by atoms with Crippen molar-refractivity contribution in [3.05, 3.63) is 0 Å². The second kappa shape index (κ2) is 5.55. The second-order valence-corrected chi connectivity index (χ2v) is 3.99. The maximum atomic E-state index is 9.75. The van der Waals surface area contributed by atoms with Crippen LogP contribution in [-0.4, -0.2) is 24.9 Å². The summed E-state index contributed by atoms with van der Waals surface area (Å²) in [7, 11) is 1.69. The van der Waals surface area contributed by atoms with E-state index in [9.17, 15) is 5.11 Å². The molecule has 0 aliphatic carbocycles. The summed E-state index contributed by atoms with van der Waals surface area (Å²) >= 11 is 0. The van der Waals surface area contributed by atoms with Crippen LogP contribution >= 0.6 is 0 Å². The lowest BCUT2D eigenvalue weighted by molar-refractivity contribution is 0.0329. The van der Waals surface area contributed by atoms with E-state index in [2.05, 4.69) is 20.8 Å². The standard InChI is InChI=1S/C10H22O2/c1-5-10(2,3)9(11)7-6-8-12-4/h9,11H,5-8H2,1-4H3. The van der Waals surface area contributed by atoms with Gasteiger partial charge in [-0.05, 0) is 24.7 Å². The van der Waals surface area contributed by atoms with E-state index < -0.39 is 0 Å². The van der Waals surface area contributed by atoms with Gasteiger partial charge < -0.3 is 9.84 Å². The number of aliphatic hydroxyl groups excluding tert-OH is 1. The summed E-state index contributed by atoms with van der Waals surface area (Å²) in [5, 5.41) is 9.75. The van der Waals surface area contributed by atoms with E-state index >= 15 is 0 Å². The predicted molar refractivity (Wildman–Crippen MR) is 51.2 cm³/mol. The first-order valence-electron chi connectivity index (χ1n) is 4.71. The number of aliphatic hydroxyl groups is 1. The molecule has 74 valence electrons. The minimum Gasteiger partial charge on any atom is -0.393 e. The lowest BCUT2D eigenvalue weighted by Gasteiger charge is -2.29. The van der Waals surface area contributed by atoms with Gasteiger partial charge in [0.25, 0.3) is 0 Å². The molecule has 0 bridgehead atoms. The molecule has 1 atom stereocenters. The van der Waals surface area contributed by atoms with E-state index in [-0.39, 0.29) is 11.5 Å². The van der Waals surface area contributed by atoms with Crippen LogP contribution in [0.2, 0.25) is 0 Å². The average molecular weight is 174 g/mol. The molecule has 1 unspecified atom stereocenters. The number of methoxy groups -OCH3 is 1. The summed E-state index contributed by atoms with van der Waals surface area (Å²) in [6, 6.07) is 0. The highest BCUT2D eigenvalue weighted by Gasteiger charge is 2.24. The summed E-state index contributed by atoms with van der Waals surface area (Å²) in [5.41, 5.74) is 0.0493. The van der Waals surface area contributed by atoms with Crippen LogP contribution in [0.4, 0.5) is 0 Å². The molecule has 0 fully saturated rings. The quantitative estimate of drug-likeness (QED) is 0.626. The van der Waals surface area contributed by atoms with Crippen LogP contribution in [0, 0.1) is 5.41 Å². The predicted octanol–water partition coefficient (Wildman–Crippen LogP) is 2.21. The second-order valence-electron chi connectivity index (χ2n) is 3.99. The third kappa shape index (κ3) is 4.07. The van der Waals surface area contributed by atoms with Gasteiger partial charge in [0.2, 0.25) is 0 Å². The maximum absolute atomic E-state index is 9.75. The normalized spacial score (nSPS) is 14.8. The number of hydrogen-bond acceptors (Lipinski definition) is 2. The molecule has 0 aromatic heterocycles. The molecule has 0 aliphatic heterocycles. The van der Waals surface area contributed by atoms with Gasteiger partial charge in [0.15, 0.2) is 0 Å². The first-order chi connectivity index (χ1) is 5.54. The van der Waals surface area contributed by atoms with Crippen molar-refractivity contribution in [2.24, 2.45) is 5.41 Å². The zero-order valence-electron chi connectivity index (χ0n) is 8.76. The first-order valence-corrected chi connectivity index (χ1v) is 4.71. The molecule has 0 heterocycles. The molecule has 0 aliphatic rings. The monoisotopic (exact) mass is 174 g/mol. The Labute approximate surface area is 75.9 Å². The van der Waals surface area contributed by atoms with Crippen molar-refractivity contribution in [1.82, 2.24) is 0 Å². The van der Waals surface area contributed by atoms with Crippen LogP contribution in [0.25, 0.3) is 0 Å². The molecule has 0 aromatic rings. The van der Waals surface area contributed by atoms with Crippen molar-refractivity contribution in [3.63, 3.8) is 0 Å². The fourth-order valence-corrected chi connectivity index (χ4v) is 1.05. The first kappa shape index (κ1) is 11.9. The van der Waals surface area contributed by atoms with Crippen molar-refractivity contribution in [3.8, 4) is 0 Å². The molecule has 2 nitrogen and oxygen atoms in total. The number of rotatable bonds is 6. The number of ether oxygens (including phenoxy) is 1. The molecular weight excluding hydrogens is 152 g/mol. The molecule has 1 N–H and O–H groups in total. The van der Waals surface area contributed by atoms with E-state index in [0.29, 0.717) is 0 Å². The Kier molecular flexibility index (Phi) is 5.51. The third-order valence-electron chi connectivity index (χ3n) is 2.64. The Morgan fingerprint density at radius 3 is 2.42 bits per heavy atom. The molecule has 2 heteroatoms. The van der Waals surface area contributed by atoms with Crippen LogP contribution in [0.3, 0.4) is 0 Å². The van der Waals surface area contributed by atoms with Crippen molar-refractivity contribution in [2.45, 2.75) is 46.1 Å². The zero-order chi connectivity index (χ0) is 9.61. The Morgan fingerprint density at radius 2 is 2.00 bits per heavy atom. The van der Waals surface area contributed by atoms with Gasteiger partial charge in [0, 0.05) is 13.7 Å². The summed E-state index contributed by atoms with van der Waals surface area (Å²) in [4.78, 5) is 0. The van der Waals surface area contributed by atoms with Gasteiger partial charge >= 0.3 is 0 Å². The SMILES string of the molecule is CCC(C)(C)C(O)CCCOC. The van der Waals surface area contributed by atoms with Crippen LogP contribution < -0.4 is 0 Å². The number of hydrogen-bond donors (Lipinski definition) is 1. The molecule has 0 rings (SSSR count). The smallest absolute Gasteiger partial charge is 0.0591 e. The Morgan fingerprint density at radius 1 is 1.42 bits per heavy atom. The molecule has 0 saturated carbocycles. The van der Waals surface area contributed by atoms with E-state index in [4.69, 9.17) is 4.74 Å². The van der Waals surface area contributed by atoms with Gasteiger partial charge in [0.05, 0.1) is 6.10 Å². The highest BCUT2D eigenvalue weighted by molar-refractivity contribution is 4.75. The summed E-state index contributed by atoms with van der Waals surface area (Å²) in [6.07, 6.45) is 2.61. The van der Waals surface area contributed by atoms with Gasteiger partial charge in [-0.1, -0.05) is 20.8 Å². The lowest BCUT2D eigenvalue weighted by atomic mass is 9.82. The van der Waals surface area contributed by atoms with Gasteiger partial charge in [-0.15, -0.1) is 0 Å². The highest BCUT2D eigenvalue weighted by Crippen LogP contribution is 2.27. The fourth-order valence-electron chi connectivity index (χ4n) is 1.05. The molecular formula is C10H22O2. The van der Waals surface area contributed by atoms with Crippen molar-refractivity contribution >= 4 is 0 Å². The van der Waals surface area contributed by atoms with Crippen LogP contribution in [0.5, 0.6) is 0 Å². The Balaban J connectivity index is 3.63. The minimum atomic E-state index is -0.197. The van der Waals surface area contributed by atoms with Gasteiger partial charge in [-0.25, -0.2) is 0 Å². The van der Waals surface area contributed by atoms with Crippen LogP contribution in [0.15, 0.2) is 0 Å². The lowest BCUT2D eigenvalue weighted by Crippen LogP contribution is -2.28. The van der Waals surface area contributed by atoms with E-state index in [1.54, 1.807) is 7.11 Å². The molecule has 0 spiro atoms. The van der Waals surface area contributed by atoms with E-state index in [0.717, 1.165) is 25.9 Å². The maximum Gasteiger partial charge on any atom is 0.0591 e. The van der Waals surface area contributed by atoms with Crippen molar-refractivity contribution < 1.29 is 9.84 Å². The molecule has 0 aromatic carbocycles. The highest BCUT2D eigenvalue weighted by atomic mass is 16.5. The van der Waals surface area contributed by atoms with Crippen LogP contribution in [0.1, 0.15) is 40.0 Å². The zero-order valence-corrected chi connectivity index (χ0v) is 8.76. The van der Waals surface area contributed by atoms with Crippen LogP contribution in [-0.2, 0) is 4.74 Å². The van der Waals surface area contributed by atoms with Crippen molar-refractivity contribution in [2.75, 3.05) is 13.7 Å². The average Bonchev–Trinajstić information content (AvgIpc) is 2.05. The third-order valence-corrected chi connectivity index (χ3v) is 2.64. The van der Waals surface area contributed by atoms with Gasteiger partial charge in [-0.2, -0.15) is 0 Å². The Bertz CT molecular complexity index is 110. The molecule has 0 saturated heterocycles. The molecule has 0 radical (unpaired) electrons. The largest absolute Gasteiger partial charge is 0.393 e. The van der Waals surface area contributed by atoms with E-state index in [1.165, 1.54) is 0 Å². The fraction of sp³-hybridized carbons (Fsp3) is 1.00. The van der Waals surface area contributed by atoms with Gasteiger partial charge in [0.1, 0.15) is 0 Å². The van der Waals surface area contributed by atoms with Crippen molar-refractivity contribution in [1.29, 1.82) is 0 Å². The summed E-state index contributed by atoms with van der Waals surface area (Å²) in [6.45, 7) is 7.06. The van der Waals surface area contributed by atoms with E-state index in [1.807, 2.05) is 0 Å². The Hall–Kier alpha value is -0.0800. The minimum absolute atomic E-state index is 0.0493. The summed E-state index contributed by atoms with van der Waals surface area (Å²) < 4.78 is 4.93.